The second-order valence-corrected chi connectivity index (χ2v) is 11.5. The lowest BCUT2D eigenvalue weighted by atomic mass is 10.0. The summed E-state index contributed by atoms with van der Waals surface area (Å²) in [4.78, 5) is 50.7. The Kier molecular flexibility index (Phi) is 10.7. The largest absolute Gasteiger partial charge is 0.323 e. The molecule has 10 heteroatoms. The monoisotopic (exact) mass is 674 g/mol. The second kappa shape index (κ2) is 16.3. The molecule has 6 N–H and O–H groups in total. The molecule has 0 radical (unpaired) electrons. The summed E-state index contributed by atoms with van der Waals surface area (Å²) in [6.45, 7) is 0. The van der Waals surface area contributed by atoms with Crippen LogP contribution in [0.5, 0.6) is 0 Å². The highest BCUT2D eigenvalue weighted by Crippen LogP contribution is 2.23. The first-order valence-corrected chi connectivity index (χ1v) is 16.1. The fourth-order valence-corrected chi connectivity index (χ4v) is 5.14. The van der Waals surface area contributed by atoms with Crippen molar-refractivity contribution in [3.63, 3.8) is 0 Å². The van der Waals surface area contributed by atoms with E-state index in [2.05, 4.69) is 31.9 Å². The minimum absolute atomic E-state index is 0.256. The van der Waals surface area contributed by atoms with E-state index in [4.69, 9.17) is 0 Å². The number of anilines is 6. The summed E-state index contributed by atoms with van der Waals surface area (Å²) in [5.74, 6) is -0.567. The predicted octanol–water partition coefficient (Wildman–Crippen LogP) is 9.07. The fraction of sp³-hybridized carbons (Fsp3) is 0.0244. The Bertz CT molecular complexity index is 2120. The van der Waals surface area contributed by atoms with E-state index in [-0.39, 0.29) is 17.8 Å². The number of carbonyl (C=O) groups excluding carboxylic acids is 4. The summed E-state index contributed by atoms with van der Waals surface area (Å²) in [5.41, 5.74) is 6.41. The first-order chi connectivity index (χ1) is 24.9. The van der Waals surface area contributed by atoms with Gasteiger partial charge in [0.05, 0.1) is 11.4 Å². The van der Waals surface area contributed by atoms with Crippen LogP contribution in [0.2, 0.25) is 0 Å². The smallest absolute Gasteiger partial charge is 0.322 e. The van der Waals surface area contributed by atoms with Crippen LogP contribution in [-0.4, -0.2) is 23.9 Å². The Morgan fingerprint density at radius 1 is 0.333 bits per heavy atom. The van der Waals surface area contributed by atoms with Crippen LogP contribution in [0.4, 0.5) is 43.7 Å². The van der Waals surface area contributed by atoms with Crippen molar-refractivity contribution in [1.82, 2.24) is 0 Å². The summed E-state index contributed by atoms with van der Waals surface area (Å²) < 4.78 is 0. The van der Waals surface area contributed by atoms with E-state index in [9.17, 15) is 19.2 Å². The summed E-state index contributed by atoms with van der Waals surface area (Å²) in [6, 6.07) is 45.9. The SMILES string of the molecule is O=C(Nc1ccccc1)Nc1ccc(NC(=O)c2ccc(Cc3ccc(C(=O)Nc4ccccc4NC(=O)Nc4ccccc4)cc3)cc2)cc1. The van der Waals surface area contributed by atoms with Crippen molar-refractivity contribution in [1.29, 1.82) is 0 Å². The average Bonchev–Trinajstić information content (AvgIpc) is 3.14. The number of amides is 6. The Morgan fingerprint density at radius 3 is 1.16 bits per heavy atom. The standard InChI is InChI=1S/C41H34N6O4/c48-38(42-34-23-25-35(26-24-34)45-40(50)43-32-9-3-1-4-10-32)30-19-15-28(16-20-30)27-29-17-21-31(22-18-29)39(49)46-36-13-7-8-14-37(36)47-41(51)44-33-11-5-2-6-12-33/h1-26H,27H2,(H,42,48)(H,46,49)(H2,43,45,50)(H2,44,47,51). The zero-order chi connectivity index (χ0) is 35.4. The molecule has 51 heavy (non-hydrogen) atoms. The number of rotatable bonds is 10. The van der Waals surface area contributed by atoms with E-state index in [1.54, 1.807) is 97.1 Å². The average molecular weight is 675 g/mol. The highest BCUT2D eigenvalue weighted by atomic mass is 16.2. The highest BCUT2D eigenvalue weighted by molar-refractivity contribution is 6.08. The molecular formula is C41H34N6O4. The topological polar surface area (TPSA) is 140 Å². The van der Waals surface area contributed by atoms with Crippen LogP contribution in [0.3, 0.4) is 0 Å². The predicted molar refractivity (Wildman–Crippen MR) is 203 cm³/mol. The van der Waals surface area contributed by atoms with Crippen molar-refractivity contribution < 1.29 is 19.2 Å². The maximum absolute atomic E-state index is 13.1. The van der Waals surface area contributed by atoms with Gasteiger partial charge in [0.15, 0.2) is 0 Å². The van der Waals surface area contributed by atoms with E-state index in [1.165, 1.54) is 0 Å². The molecule has 10 nitrogen and oxygen atoms in total. The van der Waals surface area contributed by atoms with E-state index >= 15 is 0 Å². The third kappa shape index (κ3) is 9.68. The van der Waals surface area contributed by atoms with Gasteiger partial charge in [-0.3, -0.25) is 9.59 Å². The van der Waals surface area contributed by atoms with Crippen LogP contribution in [0.15, 0.2) is 158 Å². The third-order valence-corrected chi connectivity index (χ3v) is 7.73. The Morgan fingerprint density at radius 2 is 0.686 bits per heavy atom. The van der Waals surface area contributed by atoms with Gasteiger partial charge in [-0.2, -0.15) is 0 Å². The van der Waals surface area contributed by atoms with Crippen LogP contribution >= 0.6 is 0 Å². The molecule has 0 heterocycles. The van der Waals surface area contributed by atoms with E-state index < -0.39 is 6.03 Å². The molecule has 0 atom stereocenters. The molecule has 6 aromatic carbocycles. The third-order valence-electron chi connectivity index (χ3n) is 7.73. The van der Waals surface area contributed by atoms with Gasteiger partial charge in [0.1, 0.15) is 0 Å². The minimum Gasteiger partial charge on any atom is -0.322 e. The maximum Gasteiger partial charge on any atom is 0.323 e. The molecule has 6 rings (SSSR count). The Balaban J connectivity index is 0.983. The van der Waals surface area contributed by atoms with Crippen molar-refractivity contribution in [3.05, 3.63) is 180 Å². The summed E-state index contributed by atoms with van der Waals surface area (Å²) in [7, 11) is 0. The normalized spacial score (nSPS) is 10.4. The molecule has 6 aromatic rings. The number of hydrogen-bond acceptors (Lipinski definition) is 4. The van der Waals surface area contributed by atoms with Gasteiger partial charge >= 0.3 is 12.1 Å². The van der Waals surface area contributed by atoms with Gasteiger partial charge in [0.2, 0.25) is 0 Å². The van der Waals surface area contributed by atoms with Gasteiger partial charge < -0.3 is 31.9 Å². The van der Waals surface area contributed by atoms with Crippen molar-refractivity contribution in [2.24, 2.45) is 0 Å². The lowest BCUT2D eigenvalue weighted by Crippen LogP contribution is -2.21. The number of carbonyl (C=O) groups is 4. The quantitative estimate of drug-likeness (QED) is 0.0863. The summed E-state index contributed by atoms with van der Waals surface area (Å²) >= 11 is 0. The minimum atomic E-state index is -0.424. The second-order valence-electron chi connectivity index (χ2n) is 11.5. The maximum atomic E-state index is 13.1. The molecule has 0 aliphatic heterocycles. The molecule has 0 saturated heterocycles. The number of nitrogens with one attached hydrogen (secondary N) is 6. The van der Waals surface area contributed by atoms with Crippen molar-refractivity contribution >= 4 is 58.0 Å². The van der Waals surface area contributed by atoms with Crippen LogP contribution in [0.25, 0.3) is 0 Å². The highest BCUT2D eigenvalue weighted by Gasteiger charge is 2.12. The molecular weight excluding hydrogens is 640 g/mol. The molecule has 0 saturated carbocycles. The molecule has 6 amide bonds. The van der Waals surface area contributed by atoms with Gasteiger partial charge in [-0.25, -0.2) is 9.59 Å². The molecule has 252 valence electrons. The van der Waals surface area contributed by atoms with Gasteiger partial charge in [0.25, 0.3) is 11.8 Å². The number of urea groups is 2. The molecule has 0 aliphatic carbocycles. The Hall–Kier alpha value is -7.20. The van der Waals surface area contributed by atoms with Crippen LogP contribution in [-0.2, 0) is 6.42 Å². The lowest BCUT2D eigenvalue weighted by molar-refractivity contribution is 0.101. The first kappa shape index (κ1) is 33.7. The molecule has 0 aromatic heterocycles. The number of benzene rings is 6. The van der Waals surface area contributed by atoms with Gasteiger partial charge in [-0.05, 0) is 102 Å². The molecule has 0 spiro atoms. The fourth-order valence-electron chi connectivity index (χ4n) is 5.14. The van der Waals surface area contributed by atoms with E-state index in [1.807, 2.05) is 60.7 Å². The molecule has 0 bridgehead atoms. The molecule has 0 unspecified atom stereocenters. The number of hydrogen-bond donors (Lipinski definition) is 6. The molecule has 0 aliphatic rings. The van der Waals surface area contributed by atoms with Crippen LogP contribution in [0.1, 0.15) is 31.8 Å². The lowest BCUT2D eigenvalue weighted by Gasteiger charge is -2.13. The van der Waals surface area contributed by atoms with Gasteiger partial charge in [-0.1, -0.05) is 72.8 Å². The van der Waals surface area contributed by atoms with E-state index in [0.29, 0.717) is 51.7 Å². The zero-order valence-electron chi connectivity index (χ0n) is 27.4. The van der Waals surface area contributed by atoms with Crippen LogP contribution in [0, 0.1) is 0 Å². The van der Waals surface area contributed by atoms with Crippen molar-refractivity contribution in [2.45, 2.75) is 6.42 Å². The van der Waals surface area contributed by atoms with Gasteiger partial charge in [-0.15, -0.1) is 0 Å². The first-order valence-electron chi connectivity index (χ1n) is 16.1. The van der Waals surface area contributed by atoms with Crippen molar-refractivity contribution in [2.75, 3.05) is 31.9 Å². The zero-order valence-corrected chi connectivity index (χ0v) is 27.4. The number of para-hydroxylation sites is 4. The summed E-state index contributed by atoms with van der Waals surface area (Å²) in [5, 5.41) is 16.8. The van der Waals surface area contributed by atoms with E-state index in [0.717, 1.165) is 11.1 Å². The molecule has 0 fully saturated rings. The van der Waals surface area contributed by atoms with Crippen molar-refractivity contribution in [3.8, 4) is 0 Å². The Labute approximate surface area is 294 Å². The van der Waals surface area contributed by atoms with Gasteiger partial charge in [0, 0.05) is 33.9 Å². The van der Waals surface area contributed by atoms with Crippen LogP contribution < -0.4 is 31.9 Å². The summed E-state index contributed by atoms with van der Waals surface area (Å²) in [6.07, 6.45) is 0.611.